The minimum atomic E-state index is -2.09. The molecule has 1 saturated carbocycles. The largest absolute Gasteiger partial charge is 0.768 e. The van der Waals surface area contributed by atoms with Crippen LogP contribution in [0.4, 0.5) is 0 Å². The minimum Gasteiger partial charge on any atom is -0.768 e. The summed E-state index contributed by atoms with van der Waals surface area (Å²) in [7, 11) is 2.19. The van der Waals surface area contributed by atoms with E-state index >= 15 is 0 Å². The fraction of sp³-hybridized carbons (Fsp3) is 0.571. The van der Waals surface area contributed by atoms with E-state index in [0.29, 0.717) is 4.90 Å². The summed E-state index contributed by atoms with van der Waals surface area (Å²) in [5, 5.41) is 2.36. The van der Waals surface area contributed by atoms with E-state index in [1.165, 1.54) is 32.1 Å². The lowest BCUT2D eigenvalue weighted by Gasteiger charge is -2.17. The van der Waals surface area contributed by atoms with Gasteiger partial charge in [0.2, 0.25) is 0 Å². The van der Waals surface area contributed by atoms with Crippen molar-refractivity contribution >= 4 is 11.1 Å². The zero-order valence-corrected chi connectivity index (χ0v) is 12.0. The minimum absolute atomic E-state index is 0.339. The van der Waals surface area contributed by atoms with Crippen molar-refractivity contribution in [2.75, 3.05) is 7.05 Å². The Balaban J connectivity index is 0.000000184. The Hall–Kier alpha value is -0.710. The molecule has 1 atom stereocenters. The van der Waals surface area contributed by atoms with Gasteiger partial charge in [-0.15, -0.1) is 0 Å². The number of hydrogen-bond acceptors (Lipinski definition) is 2. The molecule has 18 heavy (non-hydrogen) atoms. The first-order valence-electron chi connectivity index (χ1n) is 6.59. The van der Waals surface area contributed by atoms with Crippen LogP contribution in [0, 0.1) is 6.92 Å². The quantitative estimate of drug-likeness (QED) is 0.832. The second-order valence-corrected chi connectivity index (χ2v) is 5.72. The van der Waals surface area contributed by atoms with E-state index in [-0.39, 0.29) is 0 Å². The number of nitrogens with two attached hydrogens (primary N) is 1. The summed E-state index contributed by atoms with van der Waals surface area (Å²) in [5.41, 5.74) is 1.06. The molecule has 1 aromatic rings. The summed E-state index contributed by atoms with van der Waals surface area (Å²) < 4.78 is 20.6. The van der Waals surface area contributed by atoms with Gasteiger partial charge in [-0.1, -0.05) is 24.1 Å². The second kappa shape index (κ2) is 8.40. The predicted octanol–water partition coefficient (Wildman–Crippen LogP) is 1.75. The van der Waals surface area contributed by atoms with Gasteiger partial charge in [-0.3, -0.25) is 4.21 Å². The third-order valence-corrected chi connectivity index (χ3v) is 3.99. The van der Waals surface area contributed by atoms with E-state index in [0.717, 1.165) is 11.6 Å². The Morgan fingerprint density at radius 3 is 2.11 bits per heavy atom. The van der Waals surface area contributed by atoms with Crippen LogP contribution in [0.25, 0.3) is 0 Å². The fourth-order valence-corrected chi connectivity index (χ4v) is 2.48. The molecule has 0 saturated heterocycles. The lowest BCUT2D eigenvalue weighted by molar-refractivity contribution is -0.666. The average molecular weight is 269 g/mol. The maximum absolute atomic E-state index is 10.3. The highest BCUT2D eigenvalue weighted by atomic mass is 32.2. The molecule has 0 heterocycles. The molecule has 3 nitrogen and oxygen atoms in total. The van der Waals surface area contributed by atoms with E-state index < -0.39 is 11.1 Å². The molecule has 0 radical (unpaired) electrons. The SMILES string of the molecule is C[NH2+]C1CCCCC1.Cc1ccc(S(=O)[O-])cc1. The third-order valence-electron chi connectivity index (χ3n) is 3.33. The summed E-state index contributed by atoms with van der Waals surface area (Å²) in [4.78, 5) is 0.339. The van der Waals surface area contributed by atoms with Crippen molar-refractivity contribution in [3.63, 3.8) is 0 Å². The van der Waals surface area contributed by atoms with Crippen molar-refractivity contribution in [3.8, 4) is 0 Å². The maximum atomic E-state index is 10.3. The highest BCUT2D eigenvalue weighted by Gasteiger charge is 2.12. The maximum Gasteiger partial charge on any atom is 0.0857 e. The molecule has 1 unspecified atom stereocenters. The summed E-state index contributed by atoms with van der Waals surface area (Å²) in [6.07, 6.45) is 7.32. The van der Waals surface area contributed by atoms with Crippen LogP contribution in [-0.4, -0.2) is 21.9 Å². The first kappa shape index (κ1) is 15.3. The number of aryl methyl sites for hydroxylation is 1. The van der Waals surface area contributed by atoms with Gasteiger partial charge in [0.1, 0.15) is 0 Å². The van der Waals surface area contributed by atoms with E-state index in [1.807, 2.05) is 6.92 Å². The normalized spacial score (nSPS) is 17.7. The lowest BCUT2D eigenvalue weighted by atomic mass is 9.96. The molecule has 4 heteroatoms. The summed E-state index contributed by atoms with van der Waals surface area (Å²) >= 11 is -2.09. The molecule has 0 aliphatic heterocycles. The molecule has 1 aromatic carbocycles. The van der Waals surface area contributed by atoms with Gasteiger partial charge < -0.3 is 9.87 Å². The highest BCUT2D eigenvalue weighted by Crippen LogP contribution is 2.14. The van der Waals surface area contributed by atoms with Crippen molar-refractivity contribution in [1.82, 2.24) is 0 Å². The Kier molecular flexibility index (Phi) is 7.16. The van der Waals surface area contributed by atoms with Crippen LogP contribution in [0.5, 0.6) is 0 Å². The number of benzene rings is 1. The van der Waals surface area contributed by atoms with Gasteiger partial charge in [0.25, 0.3) is 0 Å². The molecular weight excluding hydrogens is 246 g/mol. The van der Waals surface area contributed by atoms with Gasteiger partial charge >= 0.3 is 0 Å². The van der Waals surface area contributed by atoms with Crippen LogP contribution >= 0.6 is 0 Å². The monoisotopic (exact) mass is 269 g/mol. The third kappa shape index (κ3) is 5.76. The number of hydrogen-bond donors (Lipinski definition) is 1. The Morgan fingerprint density at radius 2 is 1.72 bits per heavy atom. The molecule has 0 bridgehead atoms. The Morgan fingerprint density at radius 1 is 1.17 bits per heavy atom. The zero-order valence-electron chi connectivity index (χ0n) is 11.2. The lowest BCUT2D eigenvalue weighted by Crippen LogP contribution is -2.86. The Labute approximate surface area is 112 Å². The fourth-order valence-electron chi connectivity index (χ4n) is 2.12. The molecule has 102 valence electrons. The van der Waals surface area contributed by atoms with Gasteiger partial charge in [-0.25, -0.2) is 0 Å². The van der Waals surface area contributed by atoms with E-state index in [1.54, 1.807) is 24.3 Å². The van der Waals surface area contributed by atoms with Gasteiger partial charge in [0.15, 0.2) is 0 Å². The summed E-state index contributed by atoms with van der Waals surface area (Å²) in [6, 6.07) is 7.66. The van der Waals surface area contributed by atoms with Crippen molar-refractivity contribution in [2.45, 2.75) is 50.0 Å². The average Bonchev–Trinajstić information content (AvgIpc) is 2.41. The van der Waals surface area contributed by atoms with Crippen molar-refractivity contribution in [2.24, 2.45) is 0 Å². The van der Waals surface area contributed by atoms with Crippen molar-refractivity contribution < 1.29 is 14.1 Å². The standard InChI is InChI=1S/C7H15N.C7H8O2S/c1-8-7-5-3-2-4-6-7;1-6-2-4-7(5-3-6)10(8)9/h7-8H,2-6H2,1H3;2-5H,1H3,(H,8,9). The second-order valence-electron chi connectivity index (χ2n) is 4.78. The van der Waals surface area contributed by atoms with Gasteiger partial charge in [-0.05, 0) is 55.8 Å². The first-order chi connectivity index (χ1) is 8.63. The van der Waals surface area contributed by atoms with Crippen LogP contribution < -0.4 is 5.32 Å². The molecule has 1 aliphatic carbocycles. The van der Waals surface area contributed by atoms with Gasteiger partial charge in [0, 0.05) is 4.90 Å². The molecule has 0 spiro atoms. The number of rotatable bonds is 2. The van der Waals surface area contributed by atoms with Crippen LogP contribution in [0.1, 0.15) is 37.7 Å². The number of quaternary nitrogens is 1. The molecule has 2 rings (SSSR count). The first-order valence-corrected chi connectivity index (χ1v) is 7.66. The van der Waals surface area contributed by atoms with Crippen LogP contribution in [0.15, 0.2) is 29.2 Å². The molecule has 1 aliphatic rings. The van der Waals surface area contributed by atoms with E-state index in [2.05, 4.69) is 12.4 Å². The van der Waals surface area contributed by atoms with E-state index in [4.69, 9.17) is 0 Å². The van der Waals surface area contributed by atoms with Crippen molar-refractivity contribution in [1.29, 1.82) is 0 Å². The summed E-state index contributed by atoms with van der Waals surface area (Å²) in [5.74, 6) is 0. The van der Waals surface area contributed by atoms with Crippen LogP contribution in [-0.2, 0) is 11.1 Å². The molecular formula is C14H23NO2S. The Bertz CT molecular complexity index is 359. The van der Waals surface area contributed by atoms with Gasteiger partial charge in [-0.2, -0.15) is 0 Å². The van der Waals surface area contributed by atoms with Gasteiger partial charge in [0.05, 0.1) is 13.1 Å². The van der Waals surface area contributed by atoms with Crippen LogP contribution in [0.2, 0.25) is 0 Å². The van der Waals surface area contributed by atoms with Crippen molar-refractivity contribution in [3.05, 3.63) is 29.8 Å². The smallest absolute Gasteiger partial charge is 0.0857 e. The highest BCUT2D eigenvalue weighted by molar-refractivity contribution is 7.79. The molecule has 1 fully saturated rings. The molecule has 2 N–H and O–H groups in total. The van der Waals surface area contributed by atoms with E-state index in [9.17, 15) is 8.76 Å². The molecule has 0 amide bonds. The molecule has 0 aromatic heterocycles. The predicted molar refractivity (Wildman–Crippen MR) is 73.1 cm³/mol. The summed E-state index contributed by atoms with van der Waals surface area (Å²) in [6.45, 7) is 1.91. The topological polar surface area (TPSA) is 56.7 Å². The zero-order chi connectivity index (χ0) is 13.4. The van der Waals surface area contributed by atoms with Crippen LogP contribution in [0.3, 0.4) is 0 Å².